The van der Waals surface area contributed by atoms with Crippen molar-refractivity contribution < 1.29 is 9.90 Å². The summed E-state index contributed by atoms with van der Waals surface area (Å²) in [6.07, 6.45) is 4.59. The second-order valence-electron chi connectivity index (χ2n) is 5.26. The number of carboxylic acids is 1. The zero-order chi connectivity index (χ0) is 13.1. The quantitative estimate of drug-likeness (QED) is 0.863. The second-order valence-corrected chi connectivity index (χ2v) is 5.26. The van der Waals surface area contributed by atoms with Crippen LogP contribution in [0.1, 0.15) is 48.7 Å². The molecule has 98 valence electrons. The van der Waals surface area contributed by atoms with Crippen LogP contribution in [0.4, 0.5) is 5.82 Å². The molecule has 0 amide bonds. The molecule has 2 rings (SSSR count). The second kappa shape index (κ2) is 5.38. The van der Waals surface area contributed by atoms with E-state index in [0.717, 1.165) is 24.5 Å². The fourth-order valence-electron chi connectivity index (χ4n) is 2.44. The van der Waals surface area contributed by atoms with Gasteiger partial charge in [0, 0.05) is 11.7 Å². The third-order valence-electron chi connectivity index (χ3n) is 3.62. The third kappa shape index (κ3) is 3.00. The number of carbonyl (C=O) groups is 1. The molecule has 4 nitrogen and oxygen atoms in total. The van der Waals surface area contributed by atoms with Crippen molar-refractivity contribution in [3.8, 4) is 0 Å². The minimum Gasteiger partial charge on any atom is -0.478 e. The summed E-state index contributed by atoms with van der Waals surface area (Å²) in [6.45, 7) is 4.14. The first-order chi connectivity index (χ1) is 8.56. The lowest BCUT2D eigenvalue weighted by Gasteiger charge is -2.27. The van der Waals surface area contributed by atoms with Gasteiger partial charge in [-0.25, -0.2) is 9.78 Å². The van der Waals surface area contributed by atoms with Gasteiger partial charge >= 0.3 is 5.97 Å². The Bertz CT molecular complexity index is 437. The Morgan fingerprint density at radius 1 is 1.33 bits per heavy atom. The van der Waals surface area contributed by atoms with Gasteiger partial charge in [0.15, 0.2) is 0 Å². The lowest BCUT2D eigenvalue weighted by atomic mass is 9.87. The Kier molecular flexibility index (Phi) is 3.84. The molecule has 18 heavy (non-hydrogen) atoms. The Morgan fingerprint density at radius 3 is 2.61 bits per heavy atom. The number of aryl methyl sites for hydroxylation is 1. The molecule has 1 aromatic rings. The highest BCUT2D eigenvalue weighted by atomic mass is 16.4. The van der Waals surface area contributed by atoms with Crippen LogP contribution in [0, 0.1) is 12.8 Å². The molecular weight excluding hydrogens is 228 g/mol. The molecule has 0 spiro atoms. The minimum absolute atomic E-state index is 0.263. The van der Waals surface area contributed by atoms with E-state index < -0.39 is 5.97 Å². The van der Waals surface area contributed by atoms with E-state index in [1.54, 1.807) is 12.1 Å². The van der Waals surface area contributed by atoms with E-state index in [9.17, 15) is 4.79 Å². The van der Waals surface area contributed by atoms with Gasteiger partial charge in [0.05, 0.1) is 0 Å². The lowest BCUT2D eigenvalue weighted by molar-refractivity contribution is 0.0697. The molecule has 0 aromatic carbocycles. The molecule has 0 radical (unpaired) electrons. The predicted octanol–water partition coefficient (Wildman–Crippen LogP) is 3.08. The van der Waals surface area contributed by atoms with Gasteiger partial charge in [0.25, 0.3) is 0 Å². The number of carboxylic acid groups (broad SMARTS) is 1. The van der Waals surface area contributed by atoms with E-state index in [1.165, 1.54) is 12.8 Å². The first kappa shape index (κ1) is 12.9. The van der Waals surface area contributed by atoms with Crippen LogP contribution in [0.2, 0.25) is 0 Å². The number of hydrogen-bond acceptors (Lipinski definition) is 3. The Morgan fingerprint density at radius 2 is 2.00 bits per heavy atom. The van der Waals surface area contributed by atoms with Crippen LogP contribution in [0.15, 0.2) is 12.1 Å². The number of hydrogen-bond donors (Lipinski definition) is 2. The van der Waals surface area contributed by atoms with Crippen LogP contribution >= 0.6 is 0 Å². The Labute approximate surface area is 107 Å². The van der Waals surface area contributed by atoms with E-state index in [1.807, 2.05) is 6.92 Å². The Hall–Kier alpha value is -1.58. The molecule has 1 aromatic heterocycles. The first-order valence-electron chi connectivity index (χ1n) is 6.53. The molecule has 0 saturated heterocycles. The molecule has 4 heteroatoms. The highest BCUT2D eigenvalue weighted by molar-refractivity contribution is 5.93. The summed E-state index contributed by atoms with van der Waals surface area (Å²) in [4.78, 5) is 15.5. The number of nitrogens with one attached hydrogen (secondary N) is 1. The van der Waals surface area contributed by atoms with Crippen molar-refractivity contribution in [2.24, 2.45) is 5.92 Å². The average Bonchev–Trinajstić information content (AvgIpc) is 2.32. The molecule has 1 aliphatic carbocycles. The number of anilines is 1. The minimum atomic E-state index is -0.922. The van der Waals surface area contributed by atoms with Gasteiger partial charge in [-0.1, -0.05) is 6.92 Å². The molecule has 1 fully saturated rings. The number of aromatic carboxylic acids is 1. The maximum Gasteiger partial charge on any atom is 0.339 e. The zero-order valence-electron chi connectivity index (χ0n) is 10.9. The summed E-state index contributed by atoms with van der Waals surface area (Å²) < 4.78 is 0. The molecule has 1 aliphatic rings. The van der Waals surface area contributed by atoms with Crippen LogP contribution in [0.25, 0.3) is 0 Å². The maximum atomic E-state index is 11.1. The molecule has 0 aliphatic heterocycles. The molecular formula is C14H20N2O2. The van der Waals surface area contributed by atoms with Gasteiger partial charge in [-0.3, -0.25) is 0 Å². The normalized spacial score (nSPS) is 23.7. The fourth-order valence-corrected chi connectivity index (χ4v) is 2.44. The maximum absolute atomic E-state index is 11.1. The summed E-state index contributed by atoms with van der Waals surface area (Å²) >= 11 is 0. The number of aromatic nitrogens is 1. The van der Waals surface area contributed by atoms with Crippen molar-refractivity contribution in [3.05, 3.63) is 23.4 Å². The van der Waals surface area contributed by atoms with Crippen LogP contribution in [-0.4, -0.2) is 22.1 Å². The summed E-state index contributed by atoms with van der Waals surface area (Å²) in [5.74, 6) is 0.378. The van der Waals surface area contributed by atoms with Crippen LogP contribution in [0.3, 0.4) is 0 Å². The average molecular weight is 248 g/mol. The van der Waals surface area contributed by atoms with Crippen LogP contribution in [0.5, 0.6) is 0 Å². The van der Waals surface area contributed by atoms with Gasteiger partial charge in [-0.2, -0.15) is 0 Å². The summed E-state index contributed by atoms with van der Waals surface area (Å²) in [6, 6.07) is 3.71. The lowest BCUT2D eigenvalue weighted by Crippen LogP contribution is -2.26. The largest absolute Gasteiger partial charge is 0.478 e. The van der Waals surface area contributed by atoms with Crippen molar-refractivity contribution in [1.29, 1.82) is 0 Å². The summed E-state index contributed by atoms with van der Waals surface area (Å²) in [7, 11) is 0. The topological polar surface area (TPSA) is 62.2 Å². The molecule has 0 unspecified atom stereocenters. The molecule has 1 heterocycles. The zero-order valence-corrected chi connectivity index (χ0v) is 10.9. The van der Waals surface area contributed by atoms with Gasteiger partial charge in [-0.05, 0) is 50.7 Å². The molecule has 1 saturated carbocycles. The standard InChI is InChI=1S/C14H20N2O2/c1-9-3-6-11(7-4-9)16-13-12(14(17)18)8-5-10(2)15-13/h5,8-9,11H,3-4,6-7H2,1-2H3,(H,15,16)(H,17,18). The van der Waals surface area contributed by atoms with Crippen molar-refractivity contribution in [2.75, 3.05) is 5.32 Å². The highest BCUT2D eigenvalue weighted by Gasteiger charge is 2.20. The molecule has 0 bridgehead atoms. The monoisotopic (exact) mass is 248 g/mol. The SMILES string of the molecule is Cc1ccc(C(=O)O)c(NC2CCC(C)CC2)n1. The van der Waals surface area contributed by atoms with E-state index in [-0.39, 0.29) is 5.56 Å². The smallest absolute Gasteiger partial charge is 0.339 e. The van der Waals surface area contributed by atoms with Gasteiger partial charge < -0.3 is 10.4 Å². The molecule has 2 N–H and O–H groups in total. The van der Waals surface area contributed by atoms with Crippen molar-refractivity contribution in [1.82, 2.24) is 4.98 Å². The van der Waals surface area contributed by atoms with Gasteiger partial charge in [0.1, 0.15) is 11.4 Å². The highest BCUT2D eigenvalue weighted by Crippen LogP contribution is 2.26. The third-order valence-corrected chi connectivity index (χ3v) is 3.62. The summed E-state index contributed by atoms with van der Waals surface area (Å²) in [5, 5.41) is 12.4. The van der Waals surface area contributed by atoms with Crippen molar-refractivity contribution >= 4 is 11.8 Å². The van der Waals surface area contributed by atoms with E-state index in [2.05, 4.69) is 17.2 Å². The van der Waals surface area contributed by atoms with Crippen molar-refractivity contribution in [3.63, 3.8) is 0 Å². The Balaban J connectivity index is 2.12. The van der Waals surface area contributed by atoms with Gasteiger partial charge in [-0.15, -0.1) is 0 Å². The van der Waals surface area contributed by atoms with Crippen molar-refractivity contribution in [2.45, 2.75) is 45.6 Å². The van der Waals surface area contributed by atoms with Gasteiger partial charge in [0.2, 0.25) is 0 Å². The predicted molar refractivity (Wildman–Crippen MR) is 71.0 cm³/mol. The fraction of sp³-hybridized carbons (Fsp3) is 0.571. The number of nitrogens with zero attached hydrogens (tertiary/aromatic N) is 1. The van der Waals surface area contributed by atoms with E-state index in [0.29, 0.717) is 11.9 Å². The van der Waals surface area contributed by atoms with E-state index >= 15 is 0 Å². The molecule has 0 atom stereocenters. The van der Waals surface area contributed by atoms with E-state index in [4.69, 9.17) is 5.11 Å². The number of pyridine rings is 1. The summed E-state index contributed by atoms with van der Waals surface area (Å²) in [5.41, 5.74) is 1.10. The van der Waals surface area contributed by atoms with Crippen LogP contribution in [-0.2, 0) is 0 Å². The number of rotatable bonds is 3. The first-order valence-corrected chi connectivity index (χ1v) is 6.53. The van der Waals surface area contributed by atoms with Crippen LogP contribution < -0.4 is 5.32 Å².